The van der Waals surface area contributed by atoms with Gasteiger partial charge in [-0.3, -0.25) is 11.3 Å². The number of hydrogen-bond acceptors (Lipinski definition) is 5. The Morgan fingerprint density at radius 1 is 1.39 bits per heavy atom. The molecule has 0 saturated heterocycles. The molecule has 96 valence electrons. The molecule has 0 fully saturated rings. The highest BCUT2D eigenvalue weighted by molar-refractivity contribution is 7.98. The monoisotopic (exact) mass is 279 g/mol. The van der Waals surface area contributed by atoms with Gasteiger partial charge in [0.1, 0.15) is 0 Å². The Balaban J connectivity index is 2.06. The van der Waals surface area contributed by atoms with Crippen LogP contribution in [0.4, 0.5) is 0 Å². The van der Waals surface area contributed by atoms with Crippen LogP contribution in [0.2, 0.25) is 0 Å². The Hall–Kier alpha value is -0.880. The maximum atomic E-state index is 5.54. The lowest BCUT2D eigenvalue weighted by molar-refractivity contribution is 0.574. The highest BCUT2D eigenvalue weighted by atomic mass is 32.2. The summed E-state index contributed by atoms with van der Waals surface area (Å²) in [6.07, 6.45) is 2.97. The van der Waals surface area contributed by atoms with E-state index in [4.69, 9.17) is 5.84 Å². The van der Waals surface area contributed by atoms with Crippen LogP contribution in [0, 0.1) is 0 Å². The predicted molar refractivity (Wildman–Crippen MR) is 80.7 cm³/mol. The second kappa shape index (κ2) is 6.89. The van der Waals surface area contributed by atoms with Gasteiger partial charge in [0.15, 0.2) is 0 Å². The minimum Gasteiger partial charge on any atom is -0.271 e. The zero-order chi connectivity index (χ0) is 12.8. The third-order valence-corrected chi connectivity index (χ3v) is 4.25. The first-order valence-corrected chi connectivity index (χ1v) is 8.05. The van der Waals surface area contributed by atoms with E-state index in [1.54, 1.807) is 23.1 Å². The second-order valence-electron chi connectivity index (χ2n) is 4.02. The number of nitrogens with zero attached hydrogens (tertiary/aromatic N) is 1. The fourth-order valence-electron chi connectivity index (χ4n) is 1.72. The van der Waals surface area contributed by atoms with E-state index in [9.17, 15) is 0 Å². The van der Waals surface area contributed by atoms with Gasteiger partial charge in [-0.15, -0.1) is 11.3 Å². The summed E-state index contributed by atoms with van der Waals surface area (Å²) in [6, 6.07) is 10.5. The minimum atomic E-state index is 0.287. The smallest absolute Gasteiger partial charge is 0.0948 e. The molecular weight excluding hydrogens is 262 g/mol. The van der Waals surface area contributed by atoms with Gasteiger partial charge >= 0.3 is 0 Å². The molecule has 2 rings (SSSR count). The maximum Gasteiger partial charge on any atom is 0.0948 e. The van der Waals surface area contributed by atoms with Gasteiger partial charge in [0.2, 0.25) is 0 Å². The zero-order valence-electron chi connectivity index (χ0n) is 10.3. The van der Waals surface area contributed by atoms with Gasteiger partial charge in [-0.05, 0) is 6.26 Å². The van der Waals surface area contributed by atoms with E-state index in [0.29, 0.717) is 0 Å². The molecule has 0 bridgehead atoms. The Labute approximate surface area is 116 Å². The van der Waals surface area contributed by atoms with Crippen molar-refractivity contribution in [2.75, 3.05) is 12.0 Å². The van der Waals surface area contributed by atoms with Crippen LogP contribution in [0.5, 0.6) is 0 Å². The summed E-state index contributed by atoms with van der Waals surface area (Å²) in [4.78, 5) is 4.66. The molecule has 0 radical (unpaired) electrons. The van der Waals surface area contributed by atoms with Crippen molar-refractivity contribution in [1.82, 2.24) is 10.4 Å². The molecule has 0 aliphatic heterocycles. The van der Waals surface area contributed by atoms with Gasteiger partial charge < -0.3 is 0 Å². The normalized spacial score (nSPS) is 12.6. The van der Waals surface area contributed by atoms with Crippen molar-refractivity contribution < 1.29 is 0 Å². The van der Waals surface area contributed by atoms with Crippen molar-refractivity contribution in [2.24, 2.45) is 5.84 Å². The molecule has 2 aromatic rings. The summed E-state index contributed by atoms with van der Waals surface area (Å²) in [5.41, 5.74) is 5.07. The summed E-state index contributed by atoms with van der Waals surface area (Å²) in [7, 11) is 0. The minimum absolute atomic E-state index is 0.287. The summed E-state index contributed by atoms with van der Waals surface area (Å²) < 4.78 is 0. The van der Waals surface area contributed by atoms with Crippen molar-refractivity contribution in [3.63, 3.8) is 0 Å². The standard InChI is InChI=1S/C13H17N3S2/c1-17-8-11(16-14)7-13-15-12(9-18-13)10-5-3-2-4-6-10/h2-6,9,11,16H,7-8,14H2,1H3. The van der Waals surface area contributed by atoms with Crippen LogP contribution < -0.4 is 11.3 Å². The topological polar surface area (TPSA) is 50.9 Å². The molecule has 1 aromatic heterocycles. The maximum absolute atomic E-state index is 5.54. The van der Waals surface area contributed by atoms with Gasteiger partial charge in [0.25, 0.3) is 0 Å². The van der Waals surface area contributed by atoms with E-state index in [-0.39, 0.29) is 6.04 Å². The molecule has 1 heterocycles. The lowest BCUT2D eigenvalue weighted by Crippen LogP contribution is -2.38. The lowest BCUT2D eigenvalue weighted by atomic mass is 10.2. The summed E-state index contributed by atoms with van der Waals surface area (Å²) in [5, 5.41) is 3.24. The summed E-state index contributed by atoms with van der Waals surface area (Å²) in [6.45, 7) is 0. The van der Waals surface area contributed by atoms with E-state index in [2.05, 4.69) is 34.2 Å². The fourth-order valence-corrected chi connectivity index (χ4v) is 3.23. The number of benzene rings is 1. The van der Waals surface area contributed by atoms with Gasteiger partial charge in [-0.1, -0.05) is 30.3 Å². The van der Waals surface area contributed by atoms with E-state index in [0.717, 1.165) is 22.9 Å². The highest BCUT2D eigenvalue weighted by Gasteiger charge is 2.10. The quantitative estimate of drug-likeness (QED) is 0.630. The molecule has 3 N–H and O–H groups in total. The van der Waals surface area contributed by atoms with Crippen molar-refractivity contribution in [3.8, 4) is 11.3 Å². The summed E-state index contributed by atoms with van der Waals surface area (Å²) in [5.74, 6) is 6.53. The number of hydrogen-bond donors (Lipinski definition) is 2. The molecule has 18 heavy (non-hydrogen) atoms. The molecule has 0 saturated carbocycles. The molecule has 0 amide bonds. The number of nitrogens with two attached hydrogens (primary N) is 1. The van der Waals surface area contributed by atoms with Gasteiger partial charge in [-0.25, -0.2) is 4.98 Å². The molecule has 3 nitrogen and oxygen atoms in total. The fraction of sp³-hybridized carbons (Fsp3) is 0.308. The van der Waals surface area contributed by atoms with Crippen molar-refractivity contribution in [3.05, 3.63) is 40.7 Å². The highest BCUT2D eigenvalue weighted by Crippen LogP contribution is 2.22. The third-order valence-electron chi connectivity index (χ3n) is 2.65. The number of nitrogens with one attached hydrogen (secondary N) is 1. The van der Waals surface area contributed by atoms with Crippen LogP contribution in [-0.4, -0.2) is 23.0 Å². The molecule has 0 aliphatic rings. The van der Waals surface area contributed by atoms with E-state index in [1.165, 1.54) is 5.56 Å². The molecule has 5 heteroatoms. The van der Waals surface area contributed by atoms with Gasteiger partial charge in [0, 0.05) is 29.2 Å². The third kappa shape index (κ3) is 3.55. The number of thiazole rings is 1. The van der Waals surface area contributed by atoms with Crippen LogP contribution in [0.15, 0.2) is 35.7 Å². The Morgan fingerprint density at radius 2 is 2.17 bits per heavy atom. The van der Waals surface area contributed by atoms with E-state index < -0.39 is 0 Å². The molecule has 0 aliphatic carbocycles. The van der Waals surface area contributed by atoms with Crippen molar-refractivity contribution >= 4 is 23.1 Å². The Kier molecular flexibility index (Phi) is 5.19. The van der Waals surface area contributed by atoms with E-state index >= 15 is 0 Å². The largest absolute Gasteiger partial charge is 0.271 e. The van der Waals surface area contributed by atoms with E-state index in [1.807, 2.05) is 18.2 Å². The number of aromatic nitrogens is 1. The first-order valence-electron chi connectivity index (χ1n) is 5.78. The Bertz CT molecular complexity index is 470. The summed E-state index contributed by atoms with van der Waals surface area (Å²) >= 11 is 3.49. The van der Waals surface area contributed by atoms with Crippen molar-refractivity contribution in [1.29, 1.82) is 0 Å². The SMILES string of the molecule is CSCC(Cc1nc(-c2ccccc2)cs1)NN. The number of hydrazine groups is 1. The van der Waals surface area contributed by atoms with Gasteiger partial charge in [-0.2, -0.15) is 11.8 Å². The van der Waals surface area contributed by atoms with Crippen LogP contribution in [0.25, 0.3) is 11.3 Å². The average Bonchev–Trinajstić information content (AvgIpc) is 2.88. The predicted octanol–water partition coefficient (Wildman–Crippen LogP) is 2.55. The van der Waals surface area contributed by atoms with Crippen LogP contribution in [-0.2, 0) is 6.42 Å². The average molecular weight is 279 g/mol. The van der Waals surface area contributed by atoms with Crippen molar-refractivity contribution in [2.45, 2.75) is 12.5 Å². The molecule has 0 spiro atoms. The first-order chi connectivity index (χ1) is 8.83. The van der Waals surface area contributed by atoms with Crippen LogP contribution in [0.1, 0.15) is 5.01 Å². The molecule has 1 atom stereocenters. The lowest BCUT2D eigenvalue weighted by Gasteiger charge is -2.12. The Morgan fingerprint density at radius 3 is 2.83 bits per heavy atom. The number of thioether (sulfide) groups is 1. The molecule has 1 unspecified atom stereocenters. The van der Waals surface area contributed by atoms with Crippen LogP contribution >= 0.6 is 23.1 Å². The number of rotatable bonds is 6. The first kappa shape index (κ1) is 13.5. The van der Waals surface area contributed by atoms with Gasteiger partial charge in [0.05, 0.1) is 10.7 Å². The van der Waals surface area contributed by atoms with Crippen LogP contribution in [0.3, 0.4) is 0 Å². The second-order valence-corrected chi connectivity index (χ2v) is 5.87. The molecular formula is C13H17N3S2. The zero-order valence-corrected chi connectivity index (χ0v) is 11.9. The molecule has 1 aromatic carbocycles.